The summed E-state index contributed by atoms with van der Waals surface area (Å²) in [5, 5.41) is 16.9. The van der Waals surface area contributed by atoms with Crippen LogP contribution in [0.2, 0.25) is 0 Å². The van der Waals surface area contributed by atoms with Crippen LogP contribution in [0, 0.1) is 25.7 Å². The predicted molar refractivity (Wildman–Crippen MR) is 132 cm³/mol. The average molecular weight is 467 g/mol. The molecular weight excluding hydrogens is 428 g/mol. The summed E-state index contributed by atoms with van der Waals surface area (Å²) in [5.74, 6) is 1.82. The second-order valence-electron chi connectivity index (χ2n) is 11.0. The van der Waals surface area contributed by atoms with Gasteiger partial charge in [-0.05, 0) is 81.8 Å². The van der Waals surface area contributed by atoms with Crippen molar-refractivity contribution in [3.8, 4) is 0 Å². The van der Waals surface area contributed by atoms with E-state index < -0.39 is 5.97 Å². The second kappa shape index (κ2) is 10.3. The lowest BCUT2D eigenvalue weighted by Crippen LogP contribution is -2.24. The van der Waals surface area contributed by atoms with E-state index in [0.29, 0.717) is 24.2 Å². The van der Waals surface area contributed by atoms with Crippen molar-refractivity contribution in [1.29, 1.82) is 0 Å². The zero-order valence-corrected chi connectivity index (χ0v) is 20.9. The molecule has 2 fully saturated rings. The first-order valence-corrected chi connectivity index (χ1v) is 12.8. The molecule has 1 atom stereocenters. The predicted octanol–water partition coefficient (Wildman–Crippen LogP) is 6.69. The van der Waals surface area contributed by atoms with Gasteiger partial charge in [-0.3, -0.25) is 9.59 Å². The molecule has 2 aliphatic carbocycles. The van der Waals surface area contributed by atoms with Crippen LogP contribution in [-0.4, -0.2) is 22.1 Å². The number of hydrogen-bond acceptors (Lipinski definition) is 4. The Kier molecular flexibility index (Phi) is 7.44. The summed E-state index contributed by atoms with van der Waals surface area (Å²) in [6, 6.07) is 5.93. The minimum Gasteiger partial charge on any atom is -0.481 e. The highest BCUT2D eigenvalue weighted by Crippen LogP contribution is 2.52. The largest absolute Gasteiger partial charge is 0.481 e. The zero-order chi connectivity index (χ0) is 24.4. The molecule has 184 valence electrons. The van der Waals surface area contributed by atoms with Crippen molar-refractivity contribution in [1.82, 2.24) is 5.16 Å². The van der Waals surface area contributed by atoms with E-state index in [1.165, 1.54) is 12.0 Å². The van der Waals surface area contributed by atoms with Crippen LogP contribution in [0.15, 0.2) is 22.7 Å². The Morgan fingerprint density at radius 1 is 1.18 bits per heavy atom. The number of anilines is 1. The van der Waals surface area contributed by atoms with Crippen LogP contribution in [0.3, 0.4) is 0 Å². The second-order valence-corrected chi connectivity index (χ2v) is 11.0. The van der Waals surface area contributed by atoms with E-state index in [-0.39, 0.29) is 24.7 Å². The first-order chi connectivity index (χ1) is 16.2. The SMILES string of the molecule is Cc1ccc(NC(=O)C[C@H](CCC(=O)O)c2onc([C@H]3C[C@@H](CC(C)C)C3)c2C2CC2)c(C)c1. The lowest BCUT2D eigenvalue weighted by atomic mass is 9.69. The van der Waals surface area contributed by atoms with Gasteiger partial charge in [0.05, 0.1) is 5.69 Å². The normalized spacial score (nSPS) is 20.7. The van der Waals surface area contributed by atoms with Gasteiger partial charge in [-0.1, -0.05) is 36.7 Å². The summed E-state index contributed by atoms with van der Waals surface area (Å²) in [6.45, 7) is 8.54. The van der Waals surface area contributed by atoms with E-state index in [1.54, 1.807) is 0 Å². The number of carbonyl (C=O) groups is 2. The fraction of sp³-hybridized carbons (Fsp3) is 0.607. The molecule has 2 aliphatic rings. The van der Waals surface area contributed by atoms with E-state index in [2.05, 4.69) is 24.3 Å². The van der Waals surface area contributed by atoms with E-state index in [9.17, 15) is 14.7 Å². The molecule has 6 nitrogen and oxygen atoms in total. The van der Waals surface area contributed by atoms with Gasteiger partial charge >= 0.3 is 5.97 Å². The van der Waals surface area contributed by atoms with Crippen LogP contribution in [-0.2, 0) is 9.59 Å². The quantitative estimate of drug-likeness (QED) is 0.385. The molecule has 1 amide bonds. The van der Waals surface area contributed by atoms with Crippen molar-refractivity contribution in [3.05, 3.63) is 46.3 Å². The number of aliphatic carboxylic acids is 1. The van der Waals surface area contributed by atoms with Crippen molar-refractivity contribution in [2.24, 2.45) is 11.8 Å². The standard InChI is InChI=1S/C28H38N2O4/c1-16(2)11-19-13-22(14-19)27-26(20-6-7-20)28(34-30-27)21(8-10-25(32)33)15-24(31)29-23-9-5-17(3)12-18(23)4/h5,9,12,16,19-22H,6-8,10-11,13-15H2,1-4H3,(H,29,31)(H,32,33)/t19-,21-,22+/m0/s1. The minimum atomic E-state index is -0.858. The first kappa shape index (κ1) is 24.5. The molecule has 0 aliphatic heterocycles. The molecule has 2 saturated carbocycles. The van der Waals surface area contributed by atoms with Crippen molar-refractivity contribution in [3.63, 3.8) is 0 Å². The summed E-state index contributed by atoms with van der Waals surface area (Å²) >= 11 is 0. The molecule has 0 spiro atoms. The van der Waals surface area contributed by atoms with Crippen LogP contribution < -0.4 is 5.32 Å². The average Bonchev–Trinajstić information content (AvgIpc) is 3.48. The van der Waals surface area contributed by atoms with Crippen LogP contribution in [0.1, 0.15) is 111 Å². The number of hydrogen-bond donors (Lipinski definition) is 2. The minimum absolute atomic E-state index is 0.00153. The van der Waals surface area contributed by atoms with Gasteiger partial charge in [0.25, 0.3) is 0 Å². The lowest BCUT2D eigenvalue weighted by molar-refractivity contribution is -0.137. The van der Waals surface area contributed by atoms with E-state index in [1.807, 2.05) is 32.0 Å². The lowest BCUT2D eigenvalue weighted by Gasteiger charge is -2.35. The zero-order valence-electron chi connectivity index (χ0n) is 20.9. The Labute approximate surface area is 202 Å². The topological polar surface area (TPSA) is 92.4 Å². The van der Waals surface area contributed by atoms with Gasteiger partial charge in [-0.2, -0.15) is 0 Å². The molecule has 34 heavy (non-hydrogen) atoms. The monoisotopic (exact) mass is 466 g/mol. The highest BCUT2D eigenvalue weighted by Gasteiger charge is 2.41. The van der Waals surface area contributed by atoms with Gasteiger partial charge in [0.2, 0.25) is 5.91 Å². The molecule has 6 heteroatoms. The van der Waals surface area contributed by atoms with Gasteiger partial charge in [0.15, 0.2) is 0 Å². The third kappa shape index (κ3) is 5.89. The fourth-order valence-electron chi connectivity index (χ4n) is 5.51. The molecule has 1 aromatic carbocycles. The Morgan fingerprint density at radius 2 is 1.91 bits per heavy atom. The number of benzene rings is 1. The third-order valence-corrected chi connectivity index (χ3v) is 7.36. The molecule has 2 N–H and O–H groups in total. The van der Waals surface area contributed by atoms with Crippen LogP contribution in [0.25, 0.3) is 0 Å². The number of carbonyl (C=O) groups excluding carboxylic acids is 1. The van der Waals surface area contributed by atoms with Crippen molar-refractivity contribution >= 4 is 17.6 Å². The maximum absolute atomic E-state index is 13.0. The van der Waals surface area contributed by atoms with E-state index in [4.69, 9.17) is 4.52 Å². The van der Waals surface area contributed by atoms with Crippen LogP contribution in [0.5, 0.6) is 0 Å². The van der Waals surface area contributed by atoms with Crippen LogP contribution in [0.4, 0.5) is 5.69 Å². The molecule has 0 saturated heterocycles. The van der Waals surface area contributed by atoms with Crippen molar-refractivity contribution < 1.29 is 19.2 Å². The van der Waals surface area contributed by atoms with E-state index in [0.717, 1.165) is 59.9 Å². The van der Waals surface area contributed by atoms with Gasteiger partial charge in [-0.25, -0.2) is 0 Å². The highest BCUT2D eigenvalue weighted by molar-refractivity contribution is 5.92. The number of rotatable bonds is 11. The van der Waals surface area contributed by atoms with E-state index >= 15 is 0 Å². The highest BCUT2D eigenvalue weighted by atomic mass is 16.5. The van der Waals surface area contributed by atoms with Gasteiger partial charge < -0.3 is 14.9 Å². The number of nitrogens with one attached hydrogen (secondary N) is 1. The third-order valence-electron chi connectivity index (χ3n) is 7.36. The first-order valence-electron chi connectivity index (χ1n) is 12.8. The molecule has 4 rings (SSSR count). The summed E-state index contributed by atoms with van der Waals surface area (Å²) < 4.78 is 5.93. The molecule has 0 unspecified atom stereocenters. The molecule has 1 aromatic heterocycles. The number of aromatic nitrogens is 1. The fourth-order valence-corrected chi connectivity index (χ4v) is 5.51. The molecule has 0 radical (unpaired) electrons. The maximum Gasteiger partial charge on any atom is 0.303 e. The Morgan fingerprint density at radius 3 is 2.53 bits per heavy atom. The number of aryl methyl sites for hydroxylation is 2. The van der Waals surface area contributed by atoms with Crippen molar-refractivity contribution in [2.75, 3.05) is 5.32 Å². The molecule has 2 aromatic rings. The number of carboxylic acids is 1. The van der Waals surface area contributed by atoms with Gasteiger partial charge in [-0.15, -0.1) is 0 Å². The Hall–Kier alpha value is -2.63. The Balaban J connectivity index is 1.52. The molecule has 1 heterocycles. The molecular formula is C28H38N2O4. The maximum atomic E-state index is 13.0. The smallest absolute Gasteiger partial charge is 0.303 e. The number of carboxylic acid groups (broad SMARTS) is 1. The van der Waals surface area contributed by atoms with Crippen LogP contribution >= 0.6 is 0 Å². The summed E-state index contributed by atoms with van der Waals surface area (Å²) in [4.78, 5) is 24.4. The van der Waals surface area contributed by atoms with Crippen molar-refractivity contribution in [2.45, 2.75) is 96.8 Å². The summed E-state index contributed by atoms with van der Waals surface area (Å²) in [5.41, 5.74) is 5.20. The number of nitrogens with zero attached hydrogens (tertiary/aromatic N) is 1. The van der Waals surface area contributed by atoms with Gasteiger partial charge in [0.1, 0.15) is 5.76 Å². The summed E-state index contributed by atoms with van der Waals surface area (Å²) in [6.07, 6.45) is 6.34. The number of amides is 1. The van der Waals surface area contributed by atoms with Gasteiger partial charge in [0, 0.05) is 35.9 Å². The Bertz CT molecular complexity index is 1030. The summed E-state index contributed by atoms with van der Waals surface area (Å²) in [7, 11) is 0. The molecule has 0 bridgehead atoms.